The molecule has 1 aliphatic heterocycles. The van der Waals surface area contributed by atoms with Gasteiger partial charge in [0.1, 0.15) is 12.2 Å². The van der Waals surface area contributed by atoms with Crippen molar-refractivity contribution in [2.24, 2.45) is 17.3 Å². The SMILES string of the molecule is CC(=O)OC1CC=C(C)C2C3OC(=O)C(C)(OC(=O)C=C(C)C)C3CCC12C. The molecule has 28 heavy (non-hydrogen) atoms. The van der Waals surface area contributed by atoms with Crippen molar-refractivity contribution in [2.45, 2.75) is 78.6 Å². The molecule has 1 saturated heterocycles. The summed E-state index contributed by atoms with van der Waals surface area (Å²) in [5, 5.41) is 0. The van der Waals surface area contributed by atoms with E-state index in [1.807, 2.05) is 6.92 Å². The third-order valence-corrected chi connectivity index (χ3v) is 6.69. The first-order valence-corrected chi connectivity index (χ1v) is 9.92. The molecule has 6 nitrogen and oxygen atoms in total. The van der Waals surface area contributed by atoms with Gasteiger partial charge < -0.3 is 14.2 Å². The van der Waals surface area contributed by atoms with E-state index in [4.69, 9.17) is 14.2 Å². The van der Waals surface area contributed by atoms with E-state index in [1.54, 1.807) is 20.8 Å². The molecule has 6 heteroatoms. The van der Waals surface area contributed by atoms with Gasteiger partial charge in [0, 0.05) is 36.7 Å². The lowest BCUT2D eigenvalue weighted by Crippen LogP contribution is -2.56. The number of carbonyl (C=O) groups is 3. The van der Waals surface area contributed by atoms with Crippen LogP contribution in [0.5, 0.6) is 0 Å². The summed E-state index contributed by atoms with van der Waals surface area (Å²) in [4.78, 5) is 36.7. The Balaban J connectivity index is 1.92. The second kappa shape index (κ2) is 7.05. The van der Waals surface area contributed by atoms with E-state index < -0.39 is 23.6 Å². The summed E-state index contributed by atoms with van der Waals surface area (Å²) in [6.07, 6.45) is 4.89. The molecule has 0 radical (unpaired) electrons. The first kappa shape index (κ1) is 20.6. The van der Waals surface area contributed by atoms with Crippen LogP contribution in [-0.2, 0) is 28.6 Å². The number of hydrogen-bond donors (Lipinski definition) is 0. The molecule has 0 aromatic carbocycles. The molecule has 0 aromatic heterocycles. The molecule has 0 amide bonds. The summed E-state index contributed by atoms with van der Waals surface area (Å²) in [6.45, 7) is 10.8. The van der Waals surface area contributed by atoms with E-state index >= 15 is 0 Å². The number of ether oxygens (including phenoxy) is 3. The third-order valence-electron chi connectivity index (χ3n) is 6.69. The molecule has 0 spiro atoms. The summed E-state index contributed by atoms with van der Waals surface area (Å²) < 4.78 is 17.1. The Kier molecular flexibility index (Phi) is 5.19. The molecule has 0 bridgehead atoms. The summed E-state index contributed by atoms with van der Waals surface area (Å²) in [5.41, 5.74) is 0.321. The molecule has 0 N–H and O–H groups in total. The molecule has 6 unspecified atom stereocenters. The van der Waals surface area contributed by atoms with E-state index in [2.05, 4.69) is 13.0 Å². The Morgan fingerprint density at radius 1 is 1.25 bits per heavy atom. The Bertz CT molecular complexity index is 761. The zero-order valence-corrected chi connectivity index (χ0v) is 17.5. The van der Waals surface area contributed by atoms with Gasteiger partial charge in [0.15, 0.2) is 0 Å². The van der Waals surface area contributed by atoms with Crippen molar-refractivity contribution < 1.29 is 28.6 Å². The van der Waals surface area contributed by atoms with Gasteiger partial charge in [0.2, 0.25) is 5.60 Å². The van der Waals surface area contributed by atoms with E-state index in [9.17, 15) is 14.4 Å². The van der Waals surface area contributed by atoms with Crippen LogP contribution < -0.4 is 0 Å². The van der Waals surface area contributed by atoms with Crippen LogP contribution in [0.15, 0.2) is 23.3 Å². The fraction of sp³-hybridized carbons (Fsp3) is 0.682. The maximum atomic E-state index is 12.8. The highest BCUT2D eigenvalue weighted by Gasteiger charge is 2.65. The van der Waals surface area contributed by atoms with Gasteiger partial charge in [0.25, 0.3) is 0 Å². The molecule has 1 heterocycles. The Labute approximate surface area is 166 Å². The Morgan fingerprint density at radius 2 is 1.93 bits per heavy atom. The van der Waals surface area contributed by atoms with Crippen molar-refractivity contribution in [1.82, 2.24) is 0 Å². The van der Waals surface area contributed by atoms with Crippen molar-refractivity contribution >= 4 is 17.9 Å². The van der Waals surface area contributed by atoms with E-state index in [0.717, 1.165) is 17.6 Å². The summed E-state index contributed by atoms with van der Waals surface area (Å²) in [5.74, 6) is -1.62. The fourth-order valence-corrected chi connectivity index (χ4v) is 5.33. The zero-order chi connectivity index (χ0) is 20.9. The van der Waals surface area contributed by atoms with Gasteiger partial charge in [-0.2, -0.15) is 0 Å². The average molecular weight is 390 g/mol. The van der Waals surface area contributed by atoms with Gasteiger partial charge >= 0.3 is 17.9 Å². The van der Waals surface area contributed by atoms with Crippen LogP contribution in [0.1, 0.15) is 60.8 Å². The van der Waals surface area contributed by atoms with Crippen molar-refractivity contribution in [3.05, 3.63) is 23.3 Å². The van der Waals surface area contributed by atoms with Gasteiger partial charge in [-0.1, -0.05) is 24.1 Å². The highest BCUT2D eigenvalue weighted by Crippen LogP contribution is 2.58. The molecule has 6 atom stereocenters. The topological polar surface area (TPSA) is 78.9 Å². The smallest absolute Gasteiger partial charge is 0.351 e. The lowest BCUT2D eigenvalue weighted by molar-refractivity contribution is -0.170. The average Bonchev–Trinajstić information content (AvgIpc) is 2.79. The summed E-state index contributed by atoms with van der Waals surface area (Å²) in [7, 11) is 0. The number of allylic oxidation sites excluding steroid dienone is 1. The molecule has 0 aromatic rings. The Hall–Kier alpha value is -2.11. The van der Waals surface area contributed by atoms with E-state index in [0.29, 0.717) is 12.8 Å². The minimum absolute atomic E-state index is 0.0720. The van der Waals surface area contributed by atoms with Crippen molar-refractivity contribution in [2.75, 3.05) is 0 Å². The van der Waals surface area contributed by atoms with Crippen LogP contribution in [0.3, 0.4) is 0 Å². The number of fused-ring (bicyclic) bond motifs is 3. The molecular formula is C22H30O6. The lowest BCUT2D eigenvalue weighted by atomic mass is 9.54. The van der Waals surface area contributed by atoms with Crippen LogP contribution in [0.4, 0.5) is 0 Å². The second-order valence-electron chi connectivity index (χ2n) is 9.03. The minimum Gasteiger partial charge on any atom is -0.462 e. The van der Waals surface area contributed by atoms with Gasteiger partial charge in [-0.25, -0.2) is 9.59 Å². The summed E-state index contributed by atoms with van der Waals surface area (Å²) in [6, 6.07) is 0. The Morgan fingerprint density at radius 3 is 2.54 bits per heavy atom. The van der Waals surface area contributed by atoms with Crippen molar-refractivity contribution in [1.29, 1.82) is 0 Å². The van der Waals surface area contributed by atoms with Gasteiger partial charge in [-0.15, -0.1) is 0 Å². The maximum absolute atomic E-state index is 12.8. The number of hydrogen-bond acceptors (Lipinski definition) is 6. The highest BCUT2D eigenvalue weighted by atomic mass is 16.6. The molecule has 3 aliphatic rings. The largest absolute Gasteiger partial charge is 0.462 e. The standard InChI is InChI=1S/C22H30O6/c1-12(2)11-17(24)28-22(6)15-9-10-21(5)16(26-14(4)23)8-7-13(3)18(21)19(15)27-20(22)25/h7,11,15-16,18-19H,8-10H2,1-6H3. The van der Waals surface area contributed by atoms with Crippen LogP contribution >= 0.6 is 0 Å². The number of esters is 3. The van der Waals surface area contributed by atoms with Gasteiger partial charge in [0.05, 0.1) is 0 Å². The van der Waals surface area contributed by atoms with Crippen LogP contribution in [0.2, 0.25) is 0 Å². The molecule has 1 saturated carbocycles. The molecule has 2 fully saturated rings. The molecule has 154 valence electrons. The van der Waals surface area contributed by atoms with Crippen molar-refractivity contribution in [3.8, 4) is 0 Å². The first-order chi connectivity index (χ1) is 13.0. The second-order valence-corrected chi connectivity index (χ2v) is 9.03. The van der Waals surface area contributed by atoms with Crippen molar-refractivity contribution in [3.63, 3.8) is 0 Å². The highest BCUT2D eigenvalue weighted by molar-refractivity contribution is 5.89. The quantitative estimate of drug-likeness (QED) is 0.318. The fourth-order valence-electron chi connectivity index (χ4n) is 5.33. The maximum Gasteiger partial charge on any atom is 0.351 e. The lowest BCUT2D eigenvalue weighted by Gasteiger charge is -2.52. The first-order valence-electron chi connectivity index (χ1n) is 9.92. The predicted molar refractivity (Wildman–Crippen MR) is 102 cm³/mol. The van der Waals surface area contributed by atoms with Crippen LogP contribution in [-0.4, -0.2) is 35.7 Å². The number of carbonyl (C=O) groups excluding carboxylic acids is 3. The zero-order valence-electron chi connectivity index (χ0n) is 17.5. The van der Waals surface area contributed by atoms with Crippen LogP contribution in [0, 0.1) is 17.3 Å². The minimum atomic E-state index is -1.30. The monoisotopic (exact) mass is 390 g/mol. The van der Waals surface area contributed by atoms with Gasteiger partial charge in [-0.05, 0) is 40.5 Å². The normalized spacial score (nSPS) is 39.1. The van der Waals surface area contributed by atoms with Gasteiger partial charge in [-0.3, -0.25) is 4.79 Å². The molecule has 2 aliphatic carbocycles. The number of rotatable bonds is 3. The summed E-state index contributed by atoms with van der Waals surface area (Å²) >= 11 is 0. The van der Waals surface area contributed by atoms with E-state index in [-0.39, 0.29) is 29.3 Å². The third kappa shape index (κ3) is 3.27. The predicted octanol–water partition coefficient (Wildman–Crippen LogP) is 3.49. The molecular weight excluding hydrogens is 360 g/mol. The van der Waals surface area contributed by atoms with E-state index in [1.165, 1.54) is 13.0 Å². The van der Waals surface area contributed by atoms with Crippen LogP contribution in [0.25, 0.3) is 0 Å². The molecule has 3 rings (SSSR count).